The average molecular weight is 458 g/mol. The number of nitrogens with two attached hydrogens (primary N) is 1. The van der Waals surface area contributed by atoms with Crippen LogP contribution in [-0.2, 0) is 0 Å². The van der Waals surface area contributed by atoms with Crippen LogP contribution in [0.3, 0.4) is 0 Å². The number of anilines is 2. The number of hydrogen-bond acceptors (Lipinski definition) is 6. The summed E-state index contributed by atoms with van der Waals surface area (Å²) in [6.07, 6.45) is 4.24. The van der Waals surface area contributed by atoms with Gasteiger partial charge in [0.05, 0.1) is 17.1 Å². The van der Waals surface area contributed by atoms with Crippen LogP contribution < -0.4 is 16.6 Å². The Bertz CT molecular complexity index is 1540. The molecule has 0 saturated heterocycles. The van der Waals surface area contributed by atoms with E-state index in [4.69, 9.17) is 5.73 Å². The molecule has 4 aromatic rings. The highest BCUT2D eigenvalue weighted by Gasteiger charge is 2.33. The lowest BCUT2D eigenvalue weighted by Crippen LogP contribution is -2.24. The van der Waals surface area contributed by atoms with Crippen LogP contribution in [0.25, 0.3) is 16.6 Å². The van der Waals surface area contributed by atoms with E-state index in [-0.39, 0.29) is 28.7 Å². The van der Waals surface area contributed by atoms with E-state index in [1.54, 1.807) is 12.1 Å². The van der Waals surface area contributed by atoms with Crippen molar-refractivity contribution >= 4 is 17.2 Å². The summed E-state index contributed by atoms with van der Waals surface area (Å²) in [7, 11) is 0. The zero-order chi connectivity index (χ0) is 24.0. The molecule has 1 atom stereocenters. The van der Waals surface area contributed by atoms with Gasteiger partial charge in [-0.15, -0.1) is 0 Å². The van der Waals surface area contributed by atoms with Crippen LogP contribution in [0.2, 0.25) is 0 Å². The number of nitriles is 1. The number of fused-ring (bicyclic) bond motifs is 1. The first kappa shape index (κ1) is 21.5. The molecule has 34 heavy (non-hydrogen) atoms. The Morgan fingerprint density at radius 1 is 1.21 bits per heavy atom. The number of hydrogen-bond donors (Lipinski definition) is 2. The van der Waals surface area contributed by atoms with Crippen molar-refractivity contribution in [3.05, 3.63) is 87.6 Å². The summed E-state index contributed by atoms with van der Waals surface area (Å²) in [5, 5.41) is 12.7. The second kappa shape index (κ2) is 8.23. The maximum absolute atomic E-state index is 14.2. The van der Waals surface area contributed by atoms with Gasteiger partial charge in [0.25, 0.3) is 5.56 Å². The number of nitrogens with one attached hydrogen (secondary N) is 1. The monoisotopic (exact) mass is 458 g/mol. The molecule has 0 amide bonds. The van der Waals surface area contributed by atoms with Gasteiger partial charge < -0.3 is 11.1 Å². The minimum Gasteiger partial charge on any atom is -0.382 e. The van der Waals surface area contributed by atoms with Crippen LogP contribution in [0.4, 0.5) is 20.4 Å². The van der Waals surface area contributed by atoms with Crippen molar-refractivity contribution in [3.8, 4) is 17.2 Å². The molecule has 3 heterocycles. The molecular weight excluding hydrogens is 438 g/mol. The zero-order valence-electron chi connectivity index (χ0n) is 18.2. The van der Waals surface area contributed by atoms with Gasteiger partial charge in [-0.2, -0.15) is 5.26 Å². The Morgan fingerprint density at radius 3 is 2.71 bits per heavy atom. The van der Waals surface area contributed by atoms with Crippen molar-refractivity contribution in [2.45, 2.75) is 31.7 Å². The number of nitrogen functional groups attached to an aromatic ring is 1. The van der Waals surface area contributed by atoms with Crippen molar-refractivity contribution in [1.82, 2.24) is 14.4 Å². The molecule has 170 valence electrons. The minimum atomic E-state index is -0.546. The maximum atomic E-state index is 14.2. The van der Waals surface area contributed by atoms with E-state index in [0.29, 0.717) is 16.6 Å². The number of halogens is 2. The third-order valence-corrected chi connectivity index (χ3v) is 6.05. The van der Waals surface area contributed by atoms with E-state index in [0.717, 1.165) is 24.6 Å². The van der Waals surface area contributed by atoms with E-state index in [2.05, 4.69) is 15.3 Å². The number of pyridine rings is 2. The van der Waals surface area contributed by atoms with Crippen LogP contribution in [-0.4, -0.2) is 14.4 Å². The molecule has 1 fully saturated rings. The molecule has 0 unspecified atom stereocenters. The topological polar surface area (TPSA) is 109 Å². The lowest BCUT2D eigenvalue weighted by Gasteiger charge is -2.24. The molecule has 1 aliphatic carbocycles. The summed E-state index contributed by atoms with van der Waals surface area (Å²) in [6, 6.07) is 10.2. The standard InChI is InChI=1S/C25H20F2N6O/c1-13(32-24-18(10-28)23(29)30-12-31-24)20-21(14-5-6-14)19-8-7-17(27)11-33(19)25(34)22(20)15-3-2-4-16(26)9-15/h2-4,7-9,11-14H,5-6H2,1H3,(H3,29,30,31,32)/t13-/m0/s1. The van der Waals surface area contributed by atoms with E-state index in [1.165, 1.54) is 35.0 Å². The van der Waals surface area contributed by atoms with Crippen molar-refractivity contribution in [1.29, 1.82) is 5.26 Å². The van der Waals surface area contributed by atoms with Gasteiger partial charge in [0.1, 0.15) is 41.2 Å². The first-order chi connectivity index (χ1) is 16.4. The fourth-order valence-electron chi connectivity index (χ4n) is 4.44. The zero-order valence-corrected chi connectivity index (χ0v) is 18.2. The van der Waals surface area contributed by atoms with Crippen molar-refractivity contribution in [2.24, 2.45) is 0 Å². The van der Waals surface area contributed by atoms with Gasteiger partial charge in [0.15, 0.2) is 0 Å². The van der Waals surface area contributed by atoms with Crippen LogP contribution >= 0.6 is 0 Å². The molecule has 9 heteroatoms. The van der Waals surface area contributed by atoms with Crippen LogP contribution in [0.15, 0.2) is 53.7 Å². The summed E-state index contributed by atoms with van der Waals surface area (Å²) in [5.41, 5.74) is 8.27. The van der Waals surface area contributed by atoms with E-state index in [1.807, 2.05) is 13.0 Å². The van der Waals surface area contributed by atoms with Crippen LogP contribution in [0.1, 0.15) is 48.4 Å². The molecule has 1 saturated carbocycles. The fourth-order valence-corrected chi connectivity index (χ4v) is 4.44. The quantitative estimate of drug-likeness (QED) is 0.455. The van der Waals surface area contributed by atoms with Gasteiger partial charge in [-0.05, 0) is 66.6 Å². The van der Waals surface area contributed by atoms with Gasteiger partial charge in [0.2, 0.25) is 0 Å². The Morgan fingerprint density at radius 2 is 2.00 bits per heavy atom. The normalized spacial score (nSPS) is 14.1. The fraction of sp³-hybridized carbons (Fsp3) is 0.200. The predicted molar refractivity (Wildman–Crippen MR) is 124 cm³/mol. The second-order valence-corrected chi connectivity index (χ2v) is 8.36. The van der Waals surface area contributed by atoms with E-state index in [9.17, 15) is 18.8 Å². The SMILES string of the molecule is C[C@H](Nc1ncnc(N)c1C#N)c1c(-c2cccc(F)c2)c(=O)n2cc(F)ccc2c1C1CC1. The van der Waals surface area contributed by atoms with Gasteiger partial charge in [-0.3, -0.25) is 9.20 Å². The molecule has 3 N–H and O–H groups in total. The number of aromatic nitrogens is 3. The third-order valence-electron chi connectivity index (χ3n) is 6.05. The molecule has 0 aliphatic heterocycles. The highest BCUT2D eigenvalue weighted by Crippen LogP contribution is 2.47. The lowest BCUT2D eigenvalue weighted by atomic mass is 9.89. The maximum Gasteiger partial charge on any atom is 0.263 e. The highest BCUT2D eigenvalue weighted by molar-refractivity contribution is 5.76. The van der Waals surface area contributed by atoms with E-state index < -0.39 is 23.2 Å². The van der Waals surface area contributed by atoms with Gasteiger partial charge in [-0.1, -0.05) is 12.1 Å². The lowest BCUT2D eigenvalue weighted by molar-refractivity contribution is 0.617. The number of nitrogens with zero attached hydrogens (tertiary/aromatic N) is 4. The molecule has 0 spiro atoms. The van der Waals surface area contributed by atoms with Crippen molar-refractivity contribution in [2.75, 3.05) is 11.1 Å². The Hall–Kier alpha value is -4.32. The Balaban J connectivity index is 1.81. The third kappa shape index (κ3) is 3.63. The minimum absolute atomic E-state index is 0.0361. The summed E-state index contributed by atoms with van der Waals surface area (Å²) in [6.45, 7) is 1.84. The van der Waals surface area contributed by atoms with Crippen LogP contribution in [0.5, 0.6) is 0 Å². The molecule has 7 nitrogen and oxygen atoms in total. The smallest absolute Gasteiger partial charge is 0.263 e. The Kier molecular flexibility index (Phi) is 5.21. The predicted octanol–water partition coefficient (Wildman–Crippen LogP) is 4.54. The average Bonchev–Trinajstić information content (AvgIpc) is 3.64. The highest BCUT2D eigenvalue weighted by atomic mass is 19.1. The molecular formula is C25H20F2N6O. The molecule has 5 rings (SSSR count). The molecule has 1 aliphatic rings. The largest absolute Gasteiger partial charge is 0.382 e. The summed E-state index contributed by atoms with van der Waals surface area (Å²) >= 11 is 0. The number of benzene rings is 1. The Labute approximate surface area is 193 Å². The van der Waals surface area contributed by atoms with E-state index >= 15 is 0 Å². The van der Waals surface area contributed by atoms with Crippen molar-refractivity contribution < 1.29 is 8.78 Å². The van der Waals surface area contributed by atoms with Gasteiger partial charge in [-0.25, -0.2) is 18.7 Å². The summed E-state index contributed by atoms with van der Waals surface area (Å²) < 4.78 is 29.6. The van der Waals surface area contributed by atoms with Gasteiger partial charge in [0, 0.05) is 6.20 Å². The molecule has 3 aromatic heterocycles. The molecule has 1 aromatic carbocycles. The number of rotatable bonds is 5. The summed E-state index contributed by atoms with van der Waals surface area (Å²) in [5.74, 6) is -0.604. The van der Waals surface area contributed by atoms with Crippen molar-refractivity contribution in [3.63, 3.8) is 0 Å². The second-order valence-electron chi connectivity index (χ2n) is 8.36. The summed E-state index contributed by atoms with van der Waals surface area (Å²) in [4.78, 5) is 21.7. The van der Waals surface area contributed by atoms with Gasteiger partial charge >= 0.3 is 0 Å². The first-order valence-corrected chi connectivity index (χ1v) is 10.8. The molecule has 0 radical (unpaired) electrons. The first-order valence-electron chi connectivity index (χ1n) is 10.8. The van der Waals surface area contributed by atoms with Crippen LogP contribution in [0, 0.1) is 23.0 Å². The molecule has 0 bridgehead atoms.